The van der Waals surface area contributed by atoms with Gasteiger partial charge in [-0.05, 0) is 49.2 Å². The van der Waals surface area contributed by atoms with Gasteiger partial charge in [-0.1, -0.05) is 24.3 Å². The van der Waals surface area contributed by atoms with Gasteiger partial charge in [0.25, 0.3) is 5.91 Å². The number of hydrogen-bond donors (Lipinski definition) is 1. The molecule has 2 aromatic rings. The summed E-state index contributed by atoms with van der Waals surface area (Å²) >= 11 is 0. The van der Waals surface area contributed by atoms with Crippen LogP contribution in [0.3, 0.4) is 0 Å². The number of nitrogens with zero attached hydrogens (tertiary/aromatic N) is 1. The minimum absolute atomic E-state index is 0.324. The van der Waals surface area contributed by atoms with Gasteiger partial charge >= 0.3 is 0 Å². The zero-order chi connectivity index (χ0) is 16.1. The van der Waals surface area contributed by atoms with Crippen molar-refractivity contribution in [2.24, 2.45) is 5.73 Å². The van der Waals surface area contributed by atoms with Crippen molar-refractivity contribution >= 4 is 23.2 Å². The van der Waals surface area contributed by atoms with Gasteiger partial charge in [0, 0.05) is 23.5 Å². The van der Waals surface area contributed by atoms with Gasteiger partial charge in [0.1, 0.15) is 0 Å². The second-order valence-electron chi connectivity index (χ2n) is 5.09. The Balaban J connectivity index is 2.49. The van der Waals surface area contributed by atoms with Crippen molar-refractivity contribution in [1.82, 2.24) is 0 Å². The minimum atomic E-state index is -0.651. The van der Waals surface area contributed by atoms with E-state index < -0.39 is 5.91 Å². The number of rotatable bonds is 4. The summed E-state index contributed by atoms with van der Waals surface area (Å²) < 4.78 is 0. The molecule has 0 unspecified atom stereocenters. The first-order valence-corrected chi connectivity index (χ1v) is 6.92. The highest BCUT2D eigenvalue weighted by molar-refractivity contribution is 6.09. The molecular formula is C18H18N2O2. The highest BCUT2D eigenvalue weighted by Gasteiger charge is 2.16. The van der Waals surface area contributed by atoms with E-state index >= 15 is 0 Å². The zero-order valence-corrected chi connectivity index (χ0v) is 12.6. The summed E-state index contributed by atoms with van der Waals surface area (Å²) in [5.74, 6) is -0.975. The molecule has 0 fully saturated rings. The Bertz CT molecular complexity index is 690. The average molecular weight is 294 g/mol. The van der Waals surface area contributed by atoms with Gasteiger partial charge < -0.3 is 5.73 Å². The van der Waals surface area contributed by atoms with E-state index in [9.17, 15) is 9.59 Å². The number of carbonyl (C=O) groups is 2. The number of aryl methyl sites for hydroxylation is 2. The number of amides is 2. The Hall–Kier alpha value is -2.88. The van der Waals surface area contributed by atoms with E-state index in [2.05, 4.69) is 0 Å². The summed E-state index contributed by atoms with van der Waals surface area (Å²) in [7, 11) is 0. The Morgan fingerprint density at radius 3 is 1.82 bits per heavy atom. The predicted octanol–water partition coefficient (Wildman–Crippen LogP) is 3.01. The van der Waals surface area contributed by atoms with E-state index in [1.807, 2.05) is 62.4 Å². The van der Waals surface area contributed by atoms with Crippen LogP contribution in [0, 0.1) is 13.8 Å². The third-order valence-corrected chi connectivity index (χ3v) is 3.13. The summed E-state index contributed by atoms with van der Waals surface area (Å²) in [5, 5.41) is 0. The standard InChI is InChI=1S/C18H18N2O2/c1-13-5-3-7-15(11-13)20(18(22)10-9-17(19)21)16-8-4-6-14(2)12-16/h3-12H,1-2H3,(H2,19,21)/b10-9-. The molecule has 4 heteroatoms. The van der Waals surface area contributed by atoms with Crippen molar-refractivity contribution in [1.29, 1.82) is 0 Å². The van der Waals surface area contributed by atoms with Crippen LogP contribution in [-0.2, 0) is 9.59 Å². The summed E-state index contributed by atoms with van der Waals surface area (Å²) in [4.78, 5) is 24.9. The molecule has 0 aromatic heterocycles. The van der Waals surface area contributed by atoms with E-state index in [4.69, 9.17) is 5.73 Å². The maximum atomic E-state index is 12.5. The number of primary amides is 1. The second kappa shape index (κ2) is 6.72. The van der Waals surface area contributed by atoms with Crippen LogP contribution in [0.2, 0.25) is 0 Å². The Kier molecular flexibility index (Phi) is 4.73. The molecule has 0 saturated carbocycles. The Labute approximate surface area is 129 Å². The number of benzene rings is 2. The van der Waals surface area contributed by atoms with Crippen molar-refractivity contribution in [3.8, 4) is 0 Å². The van der Waals surface area contributed by atoms with E-state index in [1.165, 1.54) is 6.08 Å². The van der Waals surface area contributed by atoms with Crippen LogP contribution in [0.15, 0.2) is 60.7 Å². The highest BCUT2D eigenvalue weighted by Crippen LogP contribution is 2.27. The Morgan fingerprint density at radius 2 is 1.41 bits per heavy atom. The normalized spacial score (nSPS) is 10.6. The third-order valence-electron chi connectivity index (χ3n) is 3.13. The average Bonchev–Trinajstić information content (AvgIpc) is 2.45. The van der Waals surface area contributed by atoms with E-state index in [1.54, 1.807) is 4.90 Å². The van der Waals surface area contributed by atoms with Crippen LogP contribution < -0.4 is 10.6 Å². The van der Waals surface area contributed by atoms with Gasteiger partial charge in [-0.25, -0.2) is 0 Å². The van der Waals surface area contributed by atoms with E-state index in [0.717, 1.165) is 28.6 Å². The van der Waals surface area contributed by atoms with Gasteiger partial charge in [0.05, 0.1) is 0 Å². The van der Waals surface area contributed by atoms with Crippen molar-refractivity contribution in [3.05, 3.63) is 71.8 Å². The molecule has 0 aliphatic heterocycles. The molecule has 4 nitrogen and oxygen atoms in total. The summed E-state index contributed by atoms with van der Waals surface area (Å²) in [6, 6.07) is 15.2. The lowest BCUT2D eigenvalue weighted by molar-refractivity contribution is -0.115. The van der Waals surface area contributed by atoms with E-state index in [0.29, 0.717) is 0 Å². The SMILES string of the molecule is Cc1cccc(N(C(=O)/C=C\C(N)=O)c2cccc(C)c2)c1. The lowest BCUT2D eigenvalue weighted by atomic mass is 10.1. The van der Waals surface area contributed by atoms with Gasteiger partial charge in [0.15, 0.2) is 0 Å². The summed E-state index contributed by atoms with van der Waals surface area (Å²) in [5.41, 5.74) is 8.64. The molecule has 0 spiro atoms. The minimum Gasteiger partial charge on any atom is -0.366 e. The zero-order valence-electron chi connectivity index (χ0n) is 12.6. The van der Waals surface area contributed by atoms with Gasteiger partial charge in [0.2, 0.25) is 5.91 Å². The van der Waals surface area contributed by atoms with Crippen molar-refractivity contribution in [2.75, 3.05) is 4.90 Å². The van der Waals surface area contributed by atoms with Crippen LogP contribution in [0.5, 0.6) is 0 Å². The molecular weight excluding hydrogens is 276 g/mol. The number of carbonyl (C=O) groups excluding carboxylic acids is 2. The van der Waals surface area contributed by atoms with Crippen LogP contribution in [0.1, 0.15) is 11.1 Å². The molecule has 0 aliphatic rings. The molecule has 0 radical (unpaired) electrons. The van der Waals surface area contributed by atoms with Crippen LogP contribution in [-0.4, -0.2) is 11.8 Å². The summed E-state index contributed by atoms with van der Waals surface area (Å²) in [6.45, 7) is 3.92. The molecule has 0 saturated heterocycles. The van der Waals surface area contributed by atoms with Crippen LogP contribution in [0.4, 0.5) is 11.4 Å². The van der Waals surface area contributed by atoms with Crippen molar-refractivity contribution < 1.29 is 9.59 Å². The molecule has 0 aliphatic carbocycles. The van der Waals surface area contributed by atoms with Crippen LogP contribution in [0.25, 0.3) is 0 Å². The first-order valence-electron chi connectivity index (χ1n) is 6.92. The fourth-order valence-electron chi connectivity index (χ4n) is 2.17. The molecule has 2 N–H and O–H groups in total. The molecule has 0 bridgehead atoms. The lowest BCUT2D eigenvalue weighted by Gasteiger charge is -2.22. The molecule has 0 atom stereocenters. The monoisotopic (exact) mass is 294 g/mol. The van der Waals surface area contributed by atoms with Crippen LogP contribution >= 0.6 is 0 Å². The maximum absolute atomic E-state index is 12.5. The third kappa shape index (κ3) is 3.82. The molecule has 22 heavy (non-hydrogen) atoms. The quantitative estimate of drug-likeness (QED) is 0.881. The van der Waals surface area contributed by atoms with Crippen molar-refractivity contribution in [3.63, 3.8) is 0 Å². The number of nitrogens with two attached hydrogens (primary N) is 1. The molecule has 0 heterocycles. The first-order chi connectivity index (χ1) is 10.5. The van der Waals surface area contributed by atoms with Gasteiger partial charge in [-0.3, -0.25) is 14.5 Å². The van der Waals surface area contributed by atoms with E-state index in [-0.39, 0.29) is 5.91 Å². The molecule has 112 valence electrons. The van der Waals surface area contributed by atoms with Gasteiger partial charge in [-0.2, -0.15) is 0 Å². The molecule has 2 rings (SSSR count). The predicted molar refractivity (Wildman–Crippen MR) is 87.8 cm³/mol. The smallest absolute Gasteiger partial charge is 0.255 e. The first kappa shape index (κ1) is 15.5. The summed E-state index contributed by atoms with van der Waals surface area (Å²) in [6.07, 6.45) is 2.26. The highest BCUT2D eigenvalue weighted by atomic mass is 16.2. The fraction of sp³-hybridized carbons (Fsp3) is 0.111. The second-order valence-corrected chi connectivity index (χ2v) is 5.09. The fourth-order valence-corrected chi connectivity index (χ4v) is 2.17. The topological polar surface area (TPSA) is 63.4 Å². The molecule has 2 aromatic carbocycles. The Morgan fingerprint density at radius 1 is 0.909 bits per heavy atom. The van der Waals surface area contributed by atoms with Gasteiger partial charge in [-0.15, -0.1) is 0 Å². The molecule has 2 amide bonds. The number of hydrogen-bond acceptors (Lipinski definition) is 2. The lowest BCUT2D eigenvalue weighted by Crippen LogP contribution is -2.24. The largest absolute Gasteiger partial charge is 0.366 e. The number of anilines is 2. The maximum Gasteiger partial charge on any atom is 0.255 e. The van der Waals surface area contributed by atoms with Crippen molar-refractivity contribution in [2.45, 2.75) is 13.8 Å².